The third-order valence-corrected chi connectivity index (χ3v) is 7.63. The Bertz CT molecular complexity index is 955. The molecule has 0 radical (unpaired) electrons. The van der Waals surface area contributed by atoms with E-state index in [0.29, 0.717) is 13.0 Å². The first-order valence-corrected chi connectivity index (χ1v) is 12.8. The van der Waals surface area contributed by atoms with Gasteiger partial charge in [-0.1, -0.05) is 29.5 Å². The van der Waals surface area contributed by atoms with Gasteiger partial charge in [0, 0.05) is 28.6 Å². The molecule has 2 heterocycles. The van der Waals surface area contributed by atoms with Gasteiger partial charge in [-0.05, 0) is 49.4 Å². The van der Waals surface area contributed by atoms with Crippen LogP contribution in [0.1, 0.15) is 19.3 Å². The highest BCUT2D eigenvalue weighted by Crippen LogP contribution is 2.33. The molecule has 0 N–H and O–H groups in total. The van der Waals surface area contributed by atoms with Crippen molar-refractivity contribution >= 4 is 56.1 Å². The molecular formula is C22H24N2O2S3. The first-order valence-electron chi connectivity index (χ1n) is 9.77. The molecule has 0 bridgehead atoms. The Balaban J connectivity index is 1.50. The van der Waals surface area contributed by atoms with Crippen LogP contribution >= 0.6 is 34.9 Å². The van der Waals surface area contributed by atoms with Crippen LogP contribution in [-0.4, -0.2) is 42.2 Å². The van der Waals surface area contributed by atoms with Crippen molar-refractivity contribution in [3.63, 3.8) is 0 Å². The second-order valence-electron chi connectivity index (χ2n) is 6.88. The van der Waals surface area contributed by atoms with E-state index >= 15 is 0 Å². The van der Waals surface area contributed by atoms with E-state index in [0.717, 1.165) is 40.5 Å². The van der Waals surface area contributed by atoms with Crippen molar-refractivity contribution in [1.82, 2.24) is 4.98 Å². The maximum atomic E-state index is 13.1. The summed E-state index contributed by atoms with van der Waals surface area (Å²) in [5.41, 5.74) is 0.951. The molecule has 7 heteroatoms. The molecule has 1 amide bonds. The van der Waals surface area contributed by atoms with Crippen molar-refractivity contribution in [3.05, 3.63) is 48.5 Å². The summed E-state index contributed by atoms with van der Waals surface area (Å²) in [6.45, 7) is 1.37. The van der Waals surface area contributed by atoms with Crippen molar-refractivity contribution in [2.75, 3.05) is 30.1 Å². The van der Waals surface area contributed by atoms with E-state index in [1.165, 1.54) is 9.79 Å². The molecule has 29 heavy (non-hydrogen) atoms. The van der Waals surface area contributed by atoms with Gasteiger partial charge in [0.15, 0.2) is 5.13 Å². The van der Waals surface area contributed by atoms with E-state index in [2.05, 4.69) is 30.5 Å². The molecule has 1 unspecified atom stereocenters. The molecule has 0 spiro atoms. The highest BCUT2D eigenvalue weighted by molar-refractivity contribution is 7.99. The highest BCUT2D eigenvalue weighted by atomic mass is 32.2. The second kappa shape index (κ2) is 9.98. The third kappa shape index (κ3) is 5.34. The molecule has 1 aromatic heterocycles. The summed E-state index contributed by atoms with van der Waals surface area (Å²) in [6.07, 6.45) is 4.73. The zero-order valence-electron chi connectivity index (χ0n) is 16.4. The van der Waals surface area contributed by atoms with E-state index in [-0.39, 0.29) is 12.0 Å². The van der Waals surface area contributed by atoms with Crippen LogP contribution in [0.25, 0.3) is 10.2 Å². The van der Waals surface area contributed by atoms with Crippen LogP contribution in [-0.2, 0) is 9.53 Å². The van der Waals surface area contributed by atoms with Gasteiger partial charge in [-0.3, -0.25) is 9.69 Å². The third-order valence-electron chi connectivity index (χ3n) is 4.85. The molecule has 1 fully saturated rings. The minimum absolute atomic E-state index is 0.106. The number of aromatic nitrogens is 1. The van der Waals surface area contributed by atoms with Gasteiger partial charge in [-0.25, -0.2) is 4.98 Å². The normalized spacial score (nSPS) is 16.4. The Kier molecular flexibility index (Phi) is 7.13. The predicted molar refractivity (Wildman–Crippen MR) is 125 cm³/mol. The minimum Gasteiger partial charge on any atom is -0.376 e. The van der Waals surface area contributed by atoms with Crippen LogP contribution < -0.4 is 4.90 Å². The fourth-order valence-corrected chi connectivity index (χ4v) is 5.73. The van der Waals surface area contributed by atoms with Crippen LogP contribution in [0.3, 0.4) is 0 Å². The molecule has 3 aromatic rings. The number of thiazole rings is 1. The Morgan fingerprint density at radius 2 is 2.10 bits per heavy atom. The second-order valence-corrected chi connectivity index (χ2v) is 9.94. The number of ether oxygens (including phenoxy) is 1. The number of carbonyl (C=O) groups excluding carboxylic acids is 1. The van der Waals surface area contributed by atoms with E-state index in [1.807, 2.05) is 29.2 Å². The molecule has 152 valence electrons. The van der Waals surface area contributed by atoms with Crippen LogP contribution in [0, 0.1) is 0 Å². The zero-order valence-corrected chi connectivity index (χ0v) is 18.8. The number of hydrogen-bond donors (Lipinski definition) is 0. The van der Waals surface area contributed by atoms with Gasteiger partial charge >= 0.3 is 0 Å². The molecular weight excluding hydrogens is 420 g/mol. The van der Waals surface area contributed by atoms with Gasteiger partial charge in [0.1, 0.15) is 0 Å². The van der Waals surface area contributed by atoms with Gasteiger partial charge in [0.25, 0.3) is 0 Å². The molecule has 4 rings (SSSR count). The summed E-state index contributed by atoms with van der Waals surface area (Å²) >= 11 is 5.03. The van der Waals surface area contributed by atoms with E-state index in [4.69, 9.17) is 9.72 Å². The van der Waals surface area contributed by atoms with Crippen molar-refractivity contribution in [1.29, 1.82) is 0 Å². The summed E-state index contributed by atoms with van der Waals surface area (Å²) in [4.78, 5) is 22.2. The minimum atomic E-state index is 0.106. The fraction of sp³-hybridized carbons (Fsp3) is 0.364. The average Bonchev–Trinajstić information content (AvgIpc) is 3.41. The Labute approximate surface area is 184 Å². The number of benzene rings is 2. The predicted octanol–water partition coefficient (Wildman–Crippen LogP) is 5.71. The summed E-state index contributed by atoms with van der Waals surface area (Å²) in [7, 11) is 0. The van der Waals surface area contributed by atoms with Gasteiger partial charge in [0.05, 0.1) is 22.9 Å². The lowest BCUT2D eigenvalue weighted by molar-refractivity contribution is -0.118. The Morgan fingerprint density at radius 1 is 1.24 bits per heavy atom. The largest absolute Gasteiger partial charge is 0.376 e. The van der Waals surface area contributed by atoms with Crippen molar-refractivity contribution in [3.8, 4) is 0 Å². The number of hydrogen-bond acceptors (Lipinski definition) is 6. The lowest BCUT2D eigenvalue weighted by Crippen LogP contribution is -2.37. The van der Waals surface area contributed by atoms with Crippen LogP contribution in [0.5, 0.6) is 0 Å². The van der Waals surface area contributed by atoms with Crippen molar-refractivity contribution < 1.29 is 9.53 Å². The number of nitrogens with zero attached hydrogens (tertiary/aromatic N) is 2. The molecule has 0 aliphatic carbocycles. The number of fused-ring (bicyclic) bond motifs is 1. The summed E-state index contributed by atoms with van der Waals surface area (Å²) in [5, 5.41) is 0.781. The smallest absolute Gasteiger partial charge is 0.229 e. The summed E-state index contributed by atoms with van der Waals surface area (Å²) in [5.74, 6) is 0.875. The fourth-order valence-electron chi connectivity index (χ4n) is 3.32. The number of thioether (sulfide) groups is 2. The number of amides is 1. The van der Waals surface area contributed by atoms with E-state index < -0.39 is 0 Å². The van der Waals surface area contributed by atoms with Gasteiger partial charge in [-0.15, -0.1) is 23.5 Å². The lowest BCUT2D eigenvalue weighted by atomic mass is 10.2. The molecule has 1 aliphatic rings. The number of anilines is 1. The van der Waals surface area contributed by atoms with Crippen molar-refractivity contribution in [2.45, 2.75) is 35.2 Å². The Morgan fingerprint density at radius 3 is 2.86 bits per heavy atom. The SMILES string of the molecule is CSc1ccc2nc(N(CC3CCCO3)C(=O)CCSc3ccccc3)sc2c1. The molecule has 4 nitrogen and oxygen atoms in total. The number of rotatable bonds is 8. The number of carbonyl (C=O) groups is 1. The van der Waals surface area contributed by atoms with Crippen LogP contribution in [0.4, 0.5) is 5.13 Å². The first kappa shape index (κ1) is 20.7. The maximum absolute atomic E-state index is 13.1. The highest BCUT2D eigenvalue weighted by Gasteiger charge is 2.26. The molecule has 1 atom stereocenters. The van der Waals surface area contributed by atoms with Gasteiger partial charge in [-0.2, -0.15) is 0 Å². The summed E-state index contributed by atoms with van der Waals surface area (Å²) < 4.78 is 6.93. The standard InChI is InChI=1S/C22H24N2O2S3/c1-27-18-9-10-19-20(14-18)29-22(23-19)24(15-16-6-5-12-26-16)21(25)11-13-28-17-7-3-2-4-8-17/h2-4,7-10,14,16H,5-6,11-13,15H2,1H3. The van der Waals surface area contributed by atoms with Crippen LogP contribution in [0.15, 0.2) is 58.3 Å². The lowest BCUT2D eigenvalue weighted by Gasteiger charge is -2.23. The first-order chi connectivity index (χ1) is 14.2. The van der Waals surface area contributed by atoms with Crippen LogP contribution in [0.2, 0.25) is 0 Å². The molecule has 2 aromatic carbocycles. The molecule has 0 saturated carbocycles. The monoisotopic (exact) mass is 444 g/mol. The molecule has 1 aliphatic heterocycles. The van der Waals surface area contributed by atoms with E-state index in [9.17, 15) is 4.79 Å². The zero-order chi connectivity index (χ0) is 20.1. The Hall–Kier alpha value is -1.54. The quantitative estimate of drug-likeness (QED) is 0.416. The maximum Gasteiger partial charge on any atom is 0.229 e. The topological polar surface area (TPSA) is 42.4 Å². The molecule has 1 saturated heterocycles. The van der Waals surface area contributed by atoms with E-state index in [1.54, 1.807) is 34.9 Å². The summed E-state index contributed by atoms with van der Waals surface area (Å²) in [6, 6.07) is 16.5. The average molecular weight is 445 g/mol. The van der Waals surface area contributed by atoms with Gasteiger partial charge < -0.3 is 4.74 Å². The van der Waals surface area contributed by atoms with Gasteiger partial charge in [0.2, 0.25) is 5.91 Å². The van der Waals surface area contributed by atoms with Crippen molar-refractivity contribution in [2.24, 2.45) is 0 Å².